The normalized spacial score (nSPS) is 14.6. The Labute approximate surface area is 261 Å². The van der Waals surface area contributed by atoms with Gasteiger partial charge in [0.05, 0.1) is 12.1 Å². The summed E-state index contributed by atoms with van der Waals surface area (Å²) in [6, 6.07) is 13.2. The minimum absolute atomic E-state index is 0.0401. The summed E-state index contributed by atoms with van der Waals surface area (Å²) in [5, 5.41) is 16.3. The summed E-state index contributed by atoms with van der Waals surface area (Å²) in [5.41, 5.74) is 0.827. The highest BCUT2D eigenvalue weighted by atomic mass is 35.5. The van der Waals surface area contributed by atoms with Crippen molar-refractivity contribution < 1.29 is 24.2 Å². The van der Waals surface area contributed by atoms with Crippen LogP contribution in [-0.2, 0) is 26.4 Å². The second kappa shape index (κ2) is 14.9. The molecule has 2 aromatic carbocycles. The van der Waals surface area contributed by atoms with Crippen molar-refractivity contribution in [1.82, 2.24) is 15.5 Å². The molecule has 3 N–H and O–H groups in total. The van der Waals surface area contributed by atoms with Crippen molar-refractivity contribution in [3.8, 4) is 5.75 Å². The number of hydrogen-bond acceptors (Lipinski definition) is 5. The van der Waals surface area contributed by atoms with E-state index in [-0.39, 0.29) is 23.3 Å². The lowest BCUT2D eigenvalue weighted by atomic mass is 9.76. The minimum atomic E-state index is -1.03. The quantitative estimate of drug-likeness (QED) is 0.245. The largest absolute Gasteiger partial charge is 0.489 e. The second-order valence-electron chi connectivity index (χ2n) is 13.0. The molecule has 0 saturated heterocycles. The number of carboxylic acids is 1. The molecule has 2 rings (SSSR count). The number of rotatable bonds is 13. The van der Waals surface area contributed by atoms with Gasteiger partial charge in [-0.2, -0.15) is 0 Å². The highest BCUT2D eigenvalue weighted by molar-refractivity contribution is 6.30. The number of carbonyl (C=O) groups is 3. The van der Waals surface area contributed by atoms with E-state index >= 15 is 0 Å². The standard InChI is InChI=1S/C34H48ClN3O5/c1-21(2)27(19-22(3)32(41)42)38(10)31(40)29(33(4,5)6)37-30(39)28(36-9)34(7,8)24-13-17-26(18-14-24)43-20-23-11-15-25(35)16-12-23/h11-19,21,27-29,36H,20H2,1-10H3,(H,37,39)(H,41,42)/b22-19+/t27-,28-,29-/m1/s1. The van der Waals surface area contributed by atoms with Crippen LogP contribution in [-0.4, -0.2) is 60.0 Å². The fourth-order valence-electron chi connectivity index (χ4n) is 5.02. The van der Waals surface area contributed by atoms with Crippen LogP contribution in [0.25, 0.3) is 0 Å². The number of halogens is 1. The number of amides is 2. The van der Waals surface area contributed by atoms with Crippen molar-refractivity contribution >= 4 is 29.4 Å². The zero-order chi connectivity index (χ0) is 32.7. The monoisotopic (exact) mass is 613 g/mol. The summed E-state index contributed by atoms with van der Waals surface area (Å²) in [6.07, 6.45) is 1.59. The van der Waals surface area contributed by atoms with Crippen LogP contribution in [0.15, 0.2) is 60.2 Å². The fraction of sp³-hybridized carbons (Fsp3) is 0.500. The lowest BCUT2D eigenvalue weighted by Gasteiger charge is -2.40. The molecule has 3 atom stereocenters. The van der Waals surface area contributed by atoms with Gasteiger partial charge >= 0.3 is 5.97 Å². The number of nitrogens with one attached hydrogen (secondary N) is 2. The summed E-state index contributed by atoms with van der Waals surface area (Å²) in [6.45, 7) is 15.4. The molecule has 2 amide bonds. The number of likely N-dealkylation sites (N-methyl/N-ethyl adjacent to an activating group) is 2. The van der Waals surface area contributed by atoms with Gasteiger partial charge in [0.25, 0.3) is 0 Å². The molecule has 2 aromatic rings. The Morgan fingerprint density at radius 2 is 1.53 bits per heavy atom. The first kappa shape index (κ1) is 35.8. The van der Waals surface area contributed by atoms with Crippen molar-refractivity contribution in [1.29, 1.82) is 0 Å². The van der Waals surface area contributed by atoms with Crippen molar-refractivity contribution in [3.05, 3.63) is 76.3 Å². The van der Waals surface area contributed by atoms with Crippen LogP contribution in [0, 0.1) is 11.3 Å². The molecule has 9 heteroatoms. The Morgan fingerprint density at radius 1 is 0.977 bits per heavy atom. The zero-order valence-electron chi connectivity index (χ0n) is 27.1. The summed E-state index contributed by atoms with van der Waals surface area (Å²) in [4.78, 5) is 40.7. The number of aliphatic carboxylic acids is 1. The summed E-state index contributed by atoms with van der Waals surface area (Å²) in [7, 11) is 3.38. The van der Waals surface area contributed by atoms with Crippen LogP contribution in [0.1, 0.15) is 66.5 Å². The van der Waals surface area contributed by atoms with Gasteiger partial charge in [0.2, 0.25) is 11.8 Å². The Morgan fingerprint density at radius 3 is 2.00 bits per heavy atom. The van der Waals surface area contributed by atoms with E-state index in [0.717, 1.165) is 11.1 Å². The molecule has 0 heterocycles. The number of hydrogen-bond donors (Lipinski definition) is 3. The molecule has 8 nitrogen and oxygen atoms in total. The molecule has 0 fully saturated rings. The molecule has 0 aromatic heterocycles. The van der Waals surface area contributed by atoms with Crippen LogP contribution in [0.2, 0.25) is 5.02 Å². The van der Waals surface area contributed by atoms with E-state index in [9.17, 15) is 19.5 Å². The number of carbonyl (C=O) groups excluding carboxylic acids is 2. The van der Waals surface area contributed by atoms with Crippen molar-refractivity contribution in [2.45, 2.75) is 85.5 Å². The van der Waals surface area contributed by atoms with Gasteiger partial charge in [-0.05, 0) is 60.7 Å². The Hall–Kier alpha value is -3.36. The summed E-state index contributed by atoms with van der Waals surface area (Å²) in [5.74, 6) is -0.971. The van der Waals surface area contributed by atoms with Crippen molar-refractivity contribution in [3.63, 3.8) is 0 Å². The molecule has 43 heavy (non-hydrogen) atoms. The van der Waals surface area contributed by atoms with Crippen LogP contribution in [0.5, 0.6) is 5.75 Å². The number of nitrogens with zero attached hydrogens (tertiary/aromatic N) is 1. The molecular formula is C34H48ClN3O5. The predicted molar refractivity (Wildman–Crippen MR) is 172 cm³/mol. The fourth-order valence-corrected chi connectivity index (χ4v) is 5.14. The maximum Gasteiger partial charge on any atom is 0.331 e. The first-order valence-corrected chi connectivity index (χ1v) is 14.9. The van der Waals surface area contributed by atoms with Crippen LogP contribution in [0.4, 0.5) is 0 Å². The molecular weight excluding hydrogens is 566 g/mol. The van der Waals surface area contributed by atoms with E-state index < -0.39 is 34.9 Å². The first-order chi connectivity index (χ1) is 19.9. The molecule has 0 radical (unpaired) electrons. The third-order valence-electron chi connectivity index (χ3n) is 7.83. The highest BCUT2D eigenvalue weighted by Gasteiger charge is 2.41. The number of benzene rings is 2. The third kappa shape index (κ3) is 9.57. The Balaban J connectivity index is 2.25. The lowest BCUT2D eigenvalue weighted by Crippen LogP contribution is -2.61. The molecule has 0 aliphatic heterocycles. The van der Waals surface area contributed by atoms with Gasteiger partial charge in [0.15, 0.2) is 0 Å². The summed E-state index contributed by atoms with van der Waals surface area (Å²) >= 11 is 5.96. The van der Waals surface area contributed by atoms with E-state index in [1.807, 2.05) is 97.0 Å². The molecule has 0 spiro atoms. The SMILES string of the molecule is CN[C@H](C(=O)N[C@H](C(=O)N(C)[C@H](/C=C(\C)C(=O)O)C(C)C)C(C)(C)C)C(C)(C)c1ccc(OCc2ccc(Cl)cc2)cc1. The average Bonchev–Trinajstić information content (AvgIpc) is 2.93. The van der Waals surface area contributed by atoms with E-state index in [1.54, 1.807) is 20.2 Å². The second-order valence-corrected chi connectivity index (χ2v) is 13.5. The maximum atomic E-state index is 13.9. The smallest absolute Gasteiger partial charge is 0.331 e. The number of ether oxygens (including phenoxy) is 1. The molecule has 0 aliphatic carbocycles. The van der Waals surface area contributed by atoms with Gasteiger partial charge in [0, 0.05) is 23.1 Å². The van der Waals surface area contributed by atoms with Crippen molar-refractivity contribution in [2.75, 3.05) is 14.1 Å². The van der Waals surface area contributed by atoms with Gasteiger partial charge in [-0.15, -0.1) is 0 Å². The van der Waals surface area contributed by atoms with Gasteiger partial charge in [-0.25, -0.2) is 4.79 Å². The van der Waals surface area contributed by atoms with Crippen LogP contribution in [0.3, 0.4) is 0 Å². The van der Waals surface area contributed by atoms with Crippen LogP contribution < -0.4 is 15.4 Å². The summed E-state index contributed by atoms with van der Waals surface area (Å²) < 4.78 is 5.93. The van der Waals surface area contributed by atoms with E-state index in [1.165, 1.54) is 11.8 Å². The van der Waals surface area contributed by atoms with Gasteiger partial charge < -0.3 is 25.4 Å². The minimum Gasteiger partial charge on any atom is -0.489 e. The zero-order valence-corrected chi connectivity index (χ0v) is 27.9. The topological polar surface area (TPSA) is 108 Å². The molecule has 0 saturated carbocycles. The van der Waals surface area contributed by atoms with Crippen molar-refractivity contribution in [2.24, 2.45) is 11.3 Å². The number of carboxylic acid groups (broad SMARTS) is 1. The van der Waals surface area contributed by atoms with E-state index in [0.29, 0.717) is 17.4 Å². The molecule has 0 bridgehead atoms. The van der Waals surface area contributed by atoms with E-state index in [2.05, 4.69) is 10.6 Å². The first-order valence-electron chi connectivity index (χ1n) is 14.5. The van der Waals surface area contributed by atoms with Crippen LogP contribution >= 0.6 is 11.6 Å². The highest BCUT2D eigenvalue weighted by Crippen LogP contribution is 2.30. The Kier molecular flexibility index (Phi) is 12.4. The van der Waals surface area contributed by atoms with E-state index in [4.69, 9.17) is 16.3 Å². The molecule has 0 unspecified atom stereocenters. The lowest BCUT2D eigenvalue weighted by molar-refractivity contribution is -0.141. The van der Waals surface area contributed by atoms with Gasteiger partial charge in [0.1, 0.15) is 18.4 Å². The predicted octanol–water partition coefficient (Wildman–Crippen LogP) is 5.83. The Bertz CT molecular complexity index is 1280. The average molecular weight is 614 g/mol. The molecule has 236 valence electrons. The van der Waals surface area contributed by atoms with Gasteiger partial charge in [-0.3, -0.25) is 9.59 Å². The third-order valence-corrected chi connectivity index (χ3v) is 8.08. The molecule has 0 aliphatic rings. The maximum absolute atomic E-state index is 13.9. The van der Waals surface area contributed by atoms with Gasteiger partial charge in [-0.1, -0.05) is 90.4 Å².